The monoisotopic (exact) mass is 452 g/mol. The molecule has 0 bridgehead atoms. The molecule has 0 aromatic heterocycles. The van der Waals surface area contributed by atoms with Crippen LogP contribution in [0.15, 0.2) is 0 Å². The van der Waals surface area contributed by atoms with Crippen LogP contribution in [-0.2, 0) is 0 Å². The lowest BCUT2D eigenvalue weighted by atomic mass is 9.43. The van der Waals surface area contributed by atoms with Crippen LogP contribution in [0.4, 0.5) is 0 Å². The fourth-order valence-electron chi connectivity index (χ4n) is 9.45. The van der Waals surface area contributed by atoms with Crippen LogP contribution in [0, 0.1) is 52.3 Å². The van der Waals surface area contributed by atoms with E-state index >= 15 is 0 Å². The Morgan fingerprint density at radius 3 is 2.22 bits per heavy atom. The summed E-state index contributed by atoms with van der Waals surface area (Å²) in [6, 6.07) is 0. The van der Waals surface area contributed by atoms with E-state index < -0.39 is 18.3 Å². The molecule has 4 saturated carbocycles. The van der Waals surface area contributed by atoms with Crippen LogP contribution < -0.4 is 0 Å². The minimum absolute atomic E-state index is 0.0116. The Kier molecular flexibility index (Phi) is 7.09. The Morgan fingerprint density at radius 1 is 0.844 bits per heavy atom. The first-order valence-corrected chi connectivity index (χ1v) is 13.4. The third-order valence-electron chi connectivity index (χ3n) is 11.1. The summed E-state index contributed by atoms with van der Waals surface area (Å²) in [4.78, 5) is 0. The smallest absolute Gasteiger partial charge is 0.0838 e. The average molecular weight is 453 g/mol. The van der Waals surface area contributed by atoms with Crippen LogP contribution in [0.5, 0.6) is 0 Å². The van der Waals surface area contributed by atoms with Crippen molar-refractivity contribution in [2.45, 2.75) is 110 Å². The number of rotatable bonds is 6. The minimum atomic E-state index is -0.724. The summed E-state index contributed by atoms with van der Waals surface area (Å²) >= 11 is 0. The molecule has 0 saturated heterocycles. The predicted molar refractivity (Wildman–Crippen MR) is 125 cm³/mol. The number of fused-ring (bicyclic) bond motifs is 5. The van der Waals surface area contributed by atoms with Crippen molar-refractivity contribution in [3.8, 4) is 0 Å². The summed E-state index contributed by atoms with van der Waals surface area (Å²) in [5.41, 5.74) is -0.100. The number of hydrogen-bond acceptors (Lipinski definition) is 5. The average Bonchev–Trinajstić information content (AvgIpc) is 2.94. The third-order valence-corrected chi connectivity index (χ3v) is 11.1. The van der Waals surface area contributed by atoms with E-state index in [4.69, 9.17) is 0 Å². The lowest BCUT2D eigenvalue weighted by Crippen LogP contribution is -2.59. The Morgan fingerprint density at radius 2 is 1.53 bits per heavy atom. The lowest BCUT2D eigenvalue weighted by Gasteiger charge is -2.62. The first-order chi connectivity index (χ1) is 15.0. The first kappa shape index (κ1) is 24.9. The molecular weight excluding hydrogens is 404 g/mol. The molecule has 32 heavy (non-hydrogen) atoms. The minimum Gasteiger partial charge on any atom is -0.396 e. The van der Waals surface area contributed by atoms with Gasteiger partial charge >= 0.3 is 0 Å². The summed E-state index contributed by atoms with van der Waals surface area (Å²) in [6.07, 6.45) is 6.14. The topological polar surface area (TPSA) is 101 Å². The van der Waals surface area contributed by atoms with Gasteiger partial charge in [-0.15, -0.1) is 0 Å². The van der Waals surface area contributed by atoms with Crippen molar-refractivity contribution in [1.29, 1.82) is 0 Å². The van der Waals surface area contributed by atoms with Crippen molar-refractivity contribution >= 4 is 0 Å². The summed E-state index contributed by atoms with van der Waals surface area (Å²) in [5, 5.41) is 53.4. The van der Waals surface area contributed by atoms with Gasteiger partial charge in [-0.05, 0) is 97.2 Å². The largest absolute Gasteiger partial charge is 0.396 e. The summed E-state index contributed by atoms with van der Waals surface area (Å²) in [7, 11) is 0. The molecule has 0 spiro atoms. The van der Waals surface area contributed by atoms with Gasteiger partial charge in [-0.1, -0.05) is 40.5 Å². The Balaban J connectivity index is 1.55. The lowest BCUT2D eigenvalue weighted by molar-refractivity contribution is -0.181. The van der Waals surface area contributed by atoms with Crippen LogP contribution >= 0.6 is 0 Å². The van der Waals surface area contributed by atoms with Gasteiger partial charge < -0.3 is 25.5 Å². The molecular formula is C27H48O5. The van der Waals surface area contributed by atoms with E-state index in [0.29, 0.717) is 30.6 Å². The second-order valence-electron chi connectivity index (χ2n) is 12.9. The van der Waals surface area contributed by atoms with E-state index in [9.17, 15) is 25.5 Å². The fraction of sp³-hybridized carbons (Fsp3) is 1.00. The van der Waals surface area contributed by atoms with Crippen LogP contribution in [0.1, 0.15) is 85.5 Å². The van der Waals surface area contributed by atoms with Crippen molar-refractivity contribution in [2.75, 3.05) is 6.61 Å². The molecule has 186 valence electrons. The maximum absolute atomic E-state index is 11.4. The second-order valence-corrected chi connectivity index (χ2v) is 12.9. The molecule has 0 unspecified atom stereocenters. The van der Waals surface area contributed by atoms with Crippen molar-refractivity contribution in [3.05, 3.63) is 0 Å². The summed E-state index contributed by atoms with van der Waals surface area (Å²) in [6.45, 7) is 9.16. The Bertz CT molecular complexity index is 656. The standard InChI is InChI=1S/C27H48O5/c1-15(14-28)6-5-7-16(2)22-24(31)25(32)23-18-13-21(30)20-12-17(29)8-10-26(20,3)19(18)9-11-27(22,23)4/h15-25,28-32H,5-14H2,1-4H3/t15-,16+,17-,18-,19-,20+,21+,22-,23-,24+,25+,26+,27+/m0/s1. The van der Waals surface area contributed by atoms with Gasteiger partial charge in [0.05, 0.1) is 24.4 Å². The quantitative estimate of drug-likeness (QED) is 0.425. The number of aliphatic hydroxyl groups is 5. The molecule has 0 aromatic carbocycles. The molecule has 4 rings (SSSR count). The zero-order valence-corrected chi connectivity index (χ0v) is 20.7. The molecule has 4 fully saturated rings. The van der Waals surface area contributed by atoms with Crippen molar-refractivity contribution in [1.82, 2.24) is 0 Å². The van der Waals surface area contributed by atoms with E-state index in [1.807, 2.05) is 0 Å². The highest BCUT2D eigenvalue weighted by Gasteiger charge is 2.67. The summed E-state index contributed by atoms with van der Waals surface area (Å²) < 4.78 is 0. The maximum atomic E-state index is 11.4. The van der Waals surface area contributed by atoms with Crippen LogP contribution in [0.3, 0.4) is 0 Å². The van der Waals surface area contributed by atoms with Gasteiger partial charge in [0.25, 0.3) is 0 Å². The van der Waals surface area contributed by atoms with E-state index in [0.717, 1.165) is 44.9 Å². The van der Waals surface area contributed by atoms with E-state index in [1.54, 1.807) is 0 Å². The predicted octanol–water partition coefficient (Wildman–Crippen LogP) is 3.35. The number of hydrogen-bond donors (Lipinski definition) is 5. The van der Waals surface area contributed by atoms with Crippen molar-refractivity contribution in [2.24, 2.45) is 52.3 Å². The SMILES string of the molecule is C[C@H](CO)CCC[C@@H](C)[C@H]1[C@@H](O)[C@H](O)[C@@H]2[C@H]3C[C@@H](O)[C@H]4C[C@@H](O)CC[C@]4(C)[C@H]3CC[C@@]21C. The Labute approximate surface area is 194 Å². The normalized spacial score (nSPS) is 52.6. The highest BCUT2D eigenvalue weighted by atomic mass is 16.3. The van der Waals surface area contributed by atoms with Gasteiger partial charge in [-0.25, -0.2) is 0 Å². The van der Waals surface area contributed by atoms with Gasteiger partial charge in [0.2, 0.25) is 0 Å². The molecule has 0 aromatic rings. The molecule has 4 aliphatic rings. The zero-order chi connectivity index (χ0) is 23.4. The van der Waals surface area contributed by atoms with Gasteiger partial charge in [-0.2, -0.15) is 0 Å². The van der Waals surface area contributed by atoms with Crippen molar-refractivity contribution < 1.29 is 25.5 Å². The summed E-state index contributed by atoms with van der Waals surface area (Å²) in [5.74, 6) is 1.55. The fourth-order valence-corrected chi connectivity index (χ4v) is 9.45. The first-order valence-electron chi connectivity index (χ1n) is 13.4. The molecule has 0 radical (unpaired) electrons. The molecule has 0 amide bonds. The second kappa shape index (κ2) is 9.11. The Hall–Kier alpha value is -0.200. The molecule has 13 atom stereocenters. The van der Waals surface area contributed by atoms with Crippen LogP contribution in [0.2, 0.25) is 0 Å². The molecule has 5 nitrogen and oxygen atoms in total. The molecule has 0 heterocycles. The van der Waals surface area contributed by atoms with Crippen LogP contribution in [-0.4, -0.2) is 56.6 Å². The molecule has 5 N–H and O–H groups in total. The van der Waals surface area contributed by atoms with Crippen LogP contribution in [0.25, 0.3) is 0 Å². The maximum Gasteiger partial charge on any atom is 0.0838 e. The van der Waals surface area contributed by atoms with E-state index in [2.05, 4.69) is 27.7 Å². The molecule has 0 aliphatic heterocycles. The highest BCUT2D eigenvalue weighted by Crippen LogP contribution is 2.68. The van der Waals surface area contributed by atoms with E-state index in [1.165, 1.54) is 0 Å². The van der Waals surface area contributed by atoms with Gasteiger partial charge in [0.15, 0.2) is 0 Å². The number of aliphatic hydroxyl groups excluding tert-OH is 5. The van der Waals surface area contributed by atoms with E-state index in [-0.39, 0.29) is 47.2 Å². The van der Waals surface area contributed by atoms with Gasteiger partial charge in [-0.3, -0.25) is 0 Å². The molecule has 5 heteroatoms. The van der Waals surface area contributed by atoms with Gasteiger partial charge in [0, 0.05) is 6.61 Å². The zero-order valence-electron chi connectivity index (χ0n) is 20.7. The molecule has 4 aliphatic carbocycles. The van der Waals surface area contributed by atoms with Crippen molar-refractivity contribution in [3.63, 3.8) is 0 Å². The highest BCUT2D eigenvalue weighted by molar-refractivity contribution is 5.15. The third kappa shape index (κ3) is 3.88. The van der Waals surface area contributed by atoms with Gasteiger partial charge in [0.1, 0.15) is 0 Å².